The third-order valence-electron chi connectivity index (χ3n) is 3.32. The minimum absolute atomic E-state index is 0.00293. The van der Waals surface area contributed by atoms with E-state index >= 15 is 0 Å². The molecule has 1 aliphatic heterocycles. The Morgan fingerprint density at radius 2 is 1.95 bits per heavy atom. The van der Waals surface area contributed by atoms with Gasteiger partial charge in [-0.3, -0.25) is 14.5 Å². The number of carbonyl (C=O) groups is 2. The molecule has 3 rings (SSSR count). The van der Waals surface area contributed by atoms with Crippen molar-refractivity contribution in [1.82, 2.24) is 10.2 Å². The Kier molecular flexibility index (Phi) is 3.04. The monoisotopic (exact) mass is 289 g/mol. The van der Waals surface area contributed by atoms with E-state index in [1.54, 1.807) is 6.92 Å². The van der Waals surface area contributed by atoms with Gasteiger partial charge < -0.3 is 4.42 Å². The fourth-order valence-corrected chi connectivity index (χ4v) is 2.39. The van der Waals surface area contributed by atoms with Gasteiger partial charge in [-0.15, -0.1) is 10.2 Å². The van der Waals surface area contributed by atoms with E-state index in [1.807, 2.05) is 6.92 Å². The van der Waals surface area contributed by atoms with Gasteiger partial charge in [0, 0.05) is 6.42 Å². The molecular formula is C14H12FN3O3. The zero-order valence-electron chi connectivity index (χ0n) is 11.5. The maximum Gasteiger partial charge on any atom is 0.299 e. The molecule has 0 N–H and O–H groups in total. The van der Waals surface area contributed by atoms with E-state index in [0.29, 0.717) is 23.6 Å². The summed E-state index contributed by atoms with van der Waals surface area (Å²) in [4.78, 5) is 25.3. The van der Waals surface area contributed by atoms with E-state index in [1.165, 1.54) is 11.0 Å². The zero-order valence-corrected chi connectivity index (χ0v) is 11.5. The average Bonchev–Trinajstić information content (AvgIpc) is 2.98. The van der Waals surface area contributed by atoms with Crippen molar-refractivity contribution >= 4 is 17.4 Å². The fourth-order valence-electron chi connectivity index (χ4n) is 2.39. The van der Waals surface area contributed by atoms with Gasteiger partial charge in [0.05, 0.1) is 11.3 Å². The highest BCUT2D eigenvalue weighted by Crippen LogP contribution is 2.34. The van der Waals surface area contributed by atoms with Crippen molar-refractivity contribution < 1.29 is 18.4 Å². The molecule has 0 radical (unpaired) electrons. The molecule has 0 saturated carbocycles. The van der Waals surface area contributed by atoms with Crippen LogP contribution in [0.2, 0.25) is 0 Å². The van der Waals surface area contributed by atoms with Crippen molar-refractivity contribution in [2.75, 3.05) is 4.90 Å². The van der Waals surface area contributed by atoms with E-state index in [4.69, 9.17) is 4.42 Å². The number of hydrogen-bond acceptors (Lipinski definition) is 5. The van der Waals surface area contributed by atoms with Crippen molar-refractivity contribution in [3.63, 3.8) is 0 Å². The van der Waals surface area contributed by atoms with Crippen LogP contribution in [0.3, 0.4) is 0 Å². The summed E-state index contributed by atoms with van der Waals surface area (Å²) in [5, 5.41) is 7.65. The molecule has 2 aromatic rings. The van der Waals surface area contributed by atoms with Crippen LogP contribution in [0, 0.1) is 12.7 Å². The van der Waals surface area contributed by atoms with Gasteiger partial charge in [0.25, 0.3) is 11.7 Å². The predicted molar refractivity (Wildman–Crippen MR) is 70.3 cm³/mol. The Morgan fingerprint density at radius 3 is 2.62 bits per heavy atom. The molecule has 0 aliphatic carbocycles. The number of carbonyl (C=O) groups excluding carboxylic acids is 2. The zero-order chi connectivity index (χ0) is 15.1. The number of halogens is 1. The topological polar surface area (TPSA) is 76.3 Å². The van der Waals surface area contributed by atoms with Crippen LogP contribution in [-0.4, -0.2) is 21.9 Å². The first kappa shape index (κ1) is 13.4. The van der Waals surface area contributed by atoms with Crippen LogP contribution in [0.5, 0.6) is 0 Å². The molecule has 0 atom stereocenters. The maximum absolute atomic E-state index is 13.4. The molecule has 1 aliphatic rings. The number of hydrogen-bond donors (Lipinski definition) is 0. The summed E-state index contributed by atoms with van der Waals surface area (Å²) in [6.07, 6.45) is 0.584. The number of amides is 1. The molecule has 0 spiro atoms. The van der Waals surface area contributed by atoms with Crippen molar-refractivity contribution in [3.05, 3.63) is 40.9 Å². The van der Waals surface area contributed by atoms with Crippen LogP contribution < -0.4 is 4.90 Å². The second kappa shape index (κ2) is 4.76. The molecule has 21 heavy (non-hydrogen) atoms. The van der Waals surface area contributed by atoms with Gasteiger partial charge in [0.2, 0.25) is 11.8 Å². The second-order valence-electron chi connectivity index (χ2n) is 4.78. The van der Waals surface area contributed by atoms with Crippen LogP contribution in [0.4, 0.5) is 10.1 Å². The van der Waals surface area contributed by atoms with E-state index in [-0.39, 0.29) is 18.0 Å². The van der Waals surface area contributed by atoms with E-state index in [2.05, 4.69) is 10.2 Å². The standard InChI is InChI=1S/C14H12FN3O3/c1-3-10-16-17-11(21-10)6-18-12-7(2)4-8(15)5-9(12)13(19)14(18)20/h4-5H,3,6H2,1-2H3. The van der Waals surface area contributed by atoms with Gasteiger partial charge in [-0.25, -0.2) is 4.39 Å². The SMILES string of the molecule is CCc1nnc(CN2C(=O)C(=O)c3cc(F)cc(C)c32)o1. The summed E-state index contributed by atoms with van der Waals surface area (Å²) in [5.41, 5.74) is 0.995. The first-order chi connectivity index (χ1) is 10.0. The van der Waals surface area contributed by atoms with Crippen LogP contribution in [0.1, 0.15) is 34.6 Å². The molecule has 0 bridgehead atoms. The van der Waals surface area contributed by atoms with Crippen LogP contribution in [-0.2, 0) is 17.8 Å². The highest BCUT2D eigenvalue weighted by molar-refractivity contribution is 6.52. The van der Waals surface area contributed by atoms with E-state index in [9.17, 15) is 14.0 Å². The third kappa shape index (κ3) is 2.10. The number of fused-ring (bicyclic) bond motifs is 1. The van der Waals surface area contributed by atoms with Gasteiger partial charge >= 0.3 is 0 Å². The largest absolute Gasteiger partial charge is 0.423 e. The van der Waals surface area contributed by atoms with Crippen molar-refractivity contribution in [2.45, 2.75) is 26.8 Å². The maximum atomic E-state index is 13.4. The molecule has 7 heteroatoms. The normalized spacial score (nSPS) is 14.0. The summed E-state index contributed by atoms with van der Waals surface area (Å²) in [6, 6.07) is 2.36. The molecule has 0 fully saturated rings. The number of rotatable bonds is 3. The number of benzene rings is 1. The molecular weight excluding hydrogens is 277 g/mol. The van der Waals surface area contributed by atoms with Crippen LogP contribution in [0.15, 0.2) is 16.5 Å². The molecule has 2 heterocycles. The molecule has 108 valence electrons. The molecule has 1 amide bonds. The molecule has 6 nitrogen and oxygen atoms in total. The minimum Gasteiger partial charge on any atom is -0.423 e. The molecule has 0 unspecified atom stereocenters. The smallest absolute Gasteiger partial charge is 0.299 e. The Labute approximate surface area is 119 Å². The van der Waals surface area contributed by atoms with Gasteiger partial charge in [-0.05, 0) is 24.6 Å². The lowest BCUT2D eigenvalue weighted by Crippen LogP contribution is -2.29. The quantitative estimate of drug-likeness (QED) is 0.805. The van der Waals surface area contributed by atoms with Gasteiger partial charge in [-0.2, -0.15) is 0 Å². The highest BCUT2D eigenvalue weighted by Gasteiger charge is 2.38. The Balaban J connectivity index is 2.01. The number of aryl methyl sites for hydroxylation is 2. The van der Waals surface area contributed by atoms with Crippen molar-refractivity contribution in [3.8, 4) is 0 Å². The highest BCUT2D eigenvalue weighted by atomic mass is 19.1. The summed E-state index contributed by atoms with van der Waals surface area (Å²) in [6.45, 7) is 3.51. The fraction of sp³-hybridized carbons (Fsp3) is 0.286. The van der Waals surface area contributed by atoms with Crippen LogP contribution >= 0.6 is 0 Å². The minimum atomic E-state index is -0.720. The molecule has 1 aromatic carbocycles. The molecule has 0 saturated heterocycles. The summed E-state index contributed by atoms with van der Waals surface area (Å²) in [7, 11) is 0. The lowest BCUT2D eigenvalue weighted by molar-refractivity contribution is -0.114. The van der Waals surface area contributed by atoms with Crippen molar-refractivity contribution in [1.29, 1.82) is 0 Å². The van der Waals surface area contributed by atoms with Crippen LogP contribution in [0.25, 0.3) is 0 Å². The number of aromatic nitrogens is 2. The summed E-state index contributed by atoms with van der Waals surface area (Å²) < 4.78 is 18.8. The lowest BCUT2D eigenvalue weighted by atomic mass is 10.1. The van der Waals surface area contributed by atoms with Gasteiger partial charge in [0.15, 0.2) is 0 Å². The first-order valence-electron chi connectivity index (χ1n) is 6.49. The Morgan fingerprint density at radius 1 is 1.24 bits per heavy atom. The Hall–Kier alpha value is -2.57. The summed E-state index contributed by atoms with van der Waals surface area (Å²) >= 11 is 0. The predicted octanol–water partition coefficient (Wildman–Crippen LogP) is 1.81. The lowest BCUT2D eigenvalue weighted by Gasteiger charge is -2.16. The first-order valence-corrected chi connectivity index (χ1v) is 6.49. The molecule has 1 aromatic heterocycles. The average molecular weight is 289 g/mol. The van der Waals surface area contributed by atoms with E-state index < -0.39 is 17.5 Å². The number of ketones is 1. The number of nitrogens with zero attached hydrogens (tertiary/aromatic N) is 3. The van der Waals surface area contributed by atoms with Crippen molar-refractivity contribution in [2.24, 2.45) is 0 Å². The van der Waals surface area contributed by atoms with E-state index in [0.717, 1.165) is 6.07 Å². The Bertz CT molecular complexity index is 754. The third-order valence-corrected chi connectivity index (χ3v) is 3.32. The number of Topliss-reactive ketones (excluding diaryl/α,β-unsaturated/α-hetero) is 1. The second-order valence-corrected chi connectivity index (χ2v) is 4.78. The number of anilines is 1. The summed E-state index contributed by atoms with van der Waals surface area (Å²) in [5.74, 6) is -1.28. The van der Waals surface area contributed by atoms with Gasteiger partial charge in [-0.1, -0.05) is 6.92 Å². The van der Waals surface area contributed by atoms with Gasteiger partial charge in [0.1, 0.15) is 12.4 Å².